The summed E-state index contributed by atoms with van der Waals surface area (Å²) in [5.41, 5.74) is 0.272. The number of nitrogens with zero attached hydrogens (tertiary/aromatic N) is 4. The van der Waals surface area contributed by atoms with Crippen LogP contribution in [0.2, 0.25) is 0 Å². The van der Waals surface area contributed by atoms with E-state index in [4.69, 9.17) is 5.11 Å². The Morgan fingerprint density at radius 1 is 1.29 bits per heavy atom. The zero-order chi connectivity index (χ0) is 19.7. The highest BCUT2D eigenvalue weighted by Crippen LogP contribution is 2.45. The first-order chi connectivity index (χ1) is 13.5. The molecule has 0 amide bonds. The van der Waals surface area contributed by atoms with E-state index in [2.05, 4.69) is 20.3 Å². The fraction of sp³-hybridized carbons (Fsp3) is 0.263. The van der Waals surface area contributed by atoms with Crippen molar-refractivity contribution in [3.63, 3.8) is 0 Å². The van der Waals surface area contributed by atoms with Gasteiger partial charge >= 0.3 is 5.97 Å². The third-order valence-corrected chi connectivity index (χ3v) is 4.95. The molecule has 3 aromatic rings. The number of anilines is 1. The minimum atomic E-state index is -1.02. The van der Waals surface area contributed by atoms with Crippen LogP contribution in [0.5, 0.6) is 0 Å². The van der Waals surface area contributed by atoms with E-state index in [9.17, 15) is 13.6 Å². The maximum Gasteiger partial charge on any atom is 0.337 e. The van der Waals surface area contributed by atoms with E-state index in [1.54, 1.807) is 10.8 Å². The summed E-state index contributed by atoms with van der Waals surface area (Å²) in [5.74, 6) is -1.15. The first kappa shape index (κ1) is 18.0. The predicted molar refractivity (Wildman–Crippen MR) is 96.8 cm³/mol. The molecule has 2 N–H and O–H groups in total. The van der Waals surface area contributed by atoms with Gasteiger partial charge < -0.3 is 15.0 Å². The molecule has 1 fully saturated rings. The number of carboxylic acid groups (broad SMARTS) is 1. The zero-order valence-electron chi connectivity index (χ0n) is 14.7. The van der Waals surface area contributed by atoms with Gasteiger partial charge in [-0.1, -0.05) is 0 Å². The van der Waals surface area contributed by atoms with Gasteiger partial charge in [0.1, 0.15) is 12.0 Å². The van der Waals surface area contributed by atoms with Crippen LogP contribution in [-0.4, -0.2) is 43.3 Å². The minimum absolute atomic E-state index is 0.160. The lowest BCUT2D eigenvalue weighted by atomic mass is 9.65. The highest BCUT2D eigenvalue weighted by molar-refractivity contribution is 5.87. The number of pyridine rings is 1. The molecule has 1 aliphatic rings. The number of aromatic nitrogens is 4. The molecule has 9 heteroatoms. The SMILES string of the molecule is O=C(O)c1ccn(-c2cnc(NCC3(c4ncccc4F)CC(F)C3)nc2)c1. The summed E-state index contributed by atoms with van der Waals surface area (Å²) in [7, 11) is 0. The number of carboxylic acids is 1. The Morgan fingerprint density at radius 3 is 2.64 bits per heavy atom. The molecule has 0 spiro atoms. The molecule has 0 aromatic carbocycles. The molecule has 0 aliphatic heterocycles. The first-order valence-corrected chi connectivity index (χ1v) is 8.69. The topological polar surface area (TPSA) is 92.9 Å². The largest absolute Gasteiger partial charge is 0.478 e. The van der Waals surface area contributed by atoms with Crippen LogP contribution in [0, 0.1) is 5.82 Å². The standard InChI is InChI=1S/C19H17F2N5O2/c20-13-6-19(7-13,16-15(21)2-1-4-22-16)11-25-18-23-8-14(9-24-18)26-5-3-12(10-26)17(27)28/h1-5,8-10,13H,6-7,11H2,(H,27,28)(H,23,24,25). The Bertz CT molecular complexity index is 1000. The van der Waals surface area contributed by atoms with E-state index in [0.717, 1.165) is 0 Å². The Morgan fingerprint density at radius 2 is 2.04 bits per heavy atom. The van der Waals surface area contributed by atoms with Crippen LogP contribution in [0.25, 0.3) is 5.69 Å². The van der Waals surface area contributed by atoms with E-state index in [-0.39, 0.29) is 30.6 Å². The quantitative estimate of drug-likeness (QED) is 0.678. The average Bonchev–Trinajstić information content (AvgIpc) is 3.16. The lowest BCUT2D eigenvalue weighted by Crippen LogP contribution is -2.49. The number of hydrogen-bond acceptors (Lipinski definition) is 5. The molecule has 0 atom stereocenters. The van der Waals surface area contributed by atoms with Gasteiger partial charge in [0.2, 0.25) is 5.95 Å². The summed E-state index contributed by atoms with van der Waals surface area (Å²) in [6.45, 7) is 0.257. The average molecular weight is 385 g/mol. The van der Waals surface area contributed by atoms with Crippen LogP contribution >= 0.6 is 0 Å². The molecule has 144 valence electrons. The first-order valence-electron chi connectivity index (χ1n) is 8.69. The van der Waals surface area contributed by atoms with Crippen LogP contribution in [-0.2, 0) is 5.41 Å². The maximum atomic E-state index is 14.2. The predicted octanol–water partition coefficient (Wildman–Crippen LogP) is 2.98. The number of aromatic carboxylic acids is 1. The van der Waals surface area contributed by atoms with Gasteiger partial charge in [0, 0.05) is 30.6 Å². The third-order valence-electron chi connectivity index (χ3n) is 4.95. The van der Waals surface area contributed by atoms with Gasteiger partial charge in [-0.3, -0.25) is 4.98 Å². The fourth-order valence-electron chi connectivity index (χ4n) is 3.46. The van der Waals surface area contributed by atoms with E-state index in [1.165, 1.54) is 43.0 Å². The van der Waals surface area contributed by atoms with Crippen LogP contribution in [0.3, 0.4) is 0 Å². The summed E-state index contributed by atoms with van der Waals surface area (Å²) < 4.78 is 29.4. The van der Waals surface area contributed by atoms with Crippen molar-refractivity contribution in [2.24, 2.45) is 0 Å². The Kier molecular flexibility index (Phi) is 4.50. The van der Waals surface area contributed by atoms with Crippen LogP contribution in [0.1, 0.15) is 28.9 Å². The van der Waals surface area contributed by atoms with Gasteiger partial charge in [0.25, 0.3) is 0 Å². The zero-order valence-corrected chi connectivity index (χ0v) is 14.7. The monoisotopic (exact) mass is 385 g/mol. The summed E-state index contributed by atoms with van der Waals surface area (Å²) in [6.07, 6.45) is 7.03. The van der Waals surface area contributed by atoms with Crippen molar-refractivity contribution >= 4 is 11.9 Å². The van der Waals surface area contributed by atoms with Gasteiger partial charge in [-0.15, -0.1) is 0 Å². The van der Waals surface area contributed by atoms with E-state index in [0.29, 0.717) is 11.6 Å². The molecule has 7 nitrogen and oxygen atoms in total. The summed E-state index contributed by atoms with van der Waals surface area (Å²) >= 11 is 0. The fourth-order valence-corrected chi connectivity index (χ4v) is 3.46. The normalized spacial score (nSPS) is 21.1. The summed E-state index contributed by atoms with van der Waals surface area (Å²) in [6, 6.07) is 4.30. The van der Waals surface area contributed by atoms with Crippen molar-refractivity contribution in [3.8, 4) is 5.69 Å². The highest BCUT2D eigenvalue weighted by Gasteiger charge is 2.48. The lowest BCUT2D eigenvalue weighted by molar-refractivity contribution is 0.0697. The Hall–Kier alpha value is -3.36. The number of halogens is 2. The van der Waals surface area contributed by atoms with Gasteiger partial charge in [0.15, 0.2) is 0 Å². The number of hydrogen-bond donors (Lipinski definition) is 2. The van der Waals surface area contributed by atoms with Gasteiger partial charge in [-0.25, -0.2) is 23.5 Å². The van der Waals surface area contributed by atoms with Crippen molar-refractivity contribution in [1.29, 1.82) is 0 Å². The van der Waals surface area contributed by atoms with E-state index < -0.39 is 23.4 Å². The third kappa shape index (κ3) is 3.30. The number of rotatable bonds is 6. The van der Waals surface area contributed by atoms with Crippen LogP contribution < -0.4 is 5.32 Å². The highest BCUT2D eigenvalue weighted by atomic mass is 19.1. The molecule has 0 bridgehead atoms. The Balaban J connectivity index is 1.48. The van der Waals surface area contributed by atoms with E-state index >= 15 is 0 Å². The number of alkyl halides is 1. The lowest BCUT2D eigenvalue weighted by Gasteiger charge is -2.43. The molecule has 3 heterocycles. The molecule has 28 heavy (non-hydrogen) atoms. The second kappa shape index (κ2) is 6.99. The molecular formula is C19H17F2N5O2. The smallest absolute Gasteiger partial charge is 0.337 e. The molecule has 3 aromatic heterocycles. The molecule has 0 saturated heterocycles. The molecule has 0 radical (unpaired) electrons. The molecule has 1 saturated carbocycles. The minimum Gasteiger partial charge on any atom is -0.478 e. The van der Waals surface area contributed by atoms with Crippen molar-refractivity contribution < 1.29 is 18.7 Å². The van der Waals surface area contributed by atoms with Crippen molar-refractivity contribution in [3.05, 3.63) is 66.3 Å². The van der Waals surface area contributed by atoms with Crippen LogP contribution in [0.15, 0.2) is 49.2 Å². The van der Waals surface area contributed by atoms with Crippen molar-refractivity contribution in [1.82, 2.24) is 19.5 Å². The Labute approximate surface area is 159 Å². The van der Waals surface area contributed by atoms with Gasteiger partial charge in [-0.2, -0.15) is 0 Å². The maximum absolute atomic E-state index is 14.2. The summed E-state index contributed by atoms with van der Waals surface area (Å²) in [5, 5.41) is 12.0. The molecular weight excluding hydrogens is 368 g/mol. The number of carbonyl (C=O) groups is 1. The van der Waals surface area contributed by atoms with Crippen molar-refractivity contribution in [2.45, 2.75) is 24.4 Å². The number of nitrogens with one attached hydrogen (secondary N) is 1. The second-order valence-electron chi connectivity index (χ2n) is 6.85. The van der Waals surface area contributed by atoms with E-state index in [1.807, 2.05) is 0 Å². The molecule has 0 unspecified atom stereocenters. The molecule has 1 aliphatic carbocycles. The second-order valence-corrected chi connectivity index (χ2v) is 6.85. The summed E-state index contributed by atoms with van der Waals surface area (Å²) in [4.78, 5) is 23.5. The van der Waals surface area contributed by atoms with Gasteiger partial charge in [-0.05, 0) is 31.0 Å². The van der Waals surface area contributed by atoms with Crippen molar-refractivity contribution in [2.75, 3.05) is 11.9 Å². The molecule has 4 rings (SSSR count). The van der Waals surface area contributed by atoms with Crippen LogP contribution in [0.4, 0.5) is 14.7 Å². The van der Waals surface area contributed by atoms with Gasteiger partial charge in [0.05, 0.1) is 29.3 Å².